The van der Waals surface area contributed by atoms with Crippen molar-refractivity contribution in [3.8, 4) is 0 Å². The summed E-state index contributed by atoms with van der Waals surface area (Å²) in [5.74, 6) is -0.289. The van der Waals surface area contributed by atoms with Crippen molar-refractivity contribution < 1.29 is 9.21 Å². The Labute approximate surface area is 99.4 Å². The molecule has 0 atom stereocenters. The van der Waals surface area contributed by atoms with Crippen LogP contribution in [-0.2, 0) is 4.79 Å². The molecule has 1 N–H and O–H groups in total. The zero-order chi connectivity index (χ0) is 11.5. The number of carbonyl (C=O) groups is 1. The van der Waals surface area contributed by atoms with Gasteiger partial charge in [0.05, 0.1) is 10.7 Å². The molecule has 0 unspecified atom stereocenters. The largest absolute Gasteiger partial charge is 0.462 e. The first-order valence-corrected chi connectivity index (χ1v) is 5.71. The number of hydrogen-bond donors (Lipinski definition) is 1. The molecule has 16 heavy (non-hydrogen) atoms. The topological polar surface area (TPSA) is 59.3 Å². The minimum absolute atomic E-state index is 0.138. The standard InChI is InChI=1S/C11H8BrNO3/c12-5-10(14)13-8-6-16-9-4-2-1-3-7(9)11(8)15/h1-4,6H,5H2,(H,13,14). The van der Waals surface area contributed by atoms with Crippen molar-refractivity contribution in [2.75, 3.05) is 10.6 Å². The second-order valence-corrected chi connectivity index (χ2v) is 3.72. The summed E-state index contributed by atoms with van der Waals surface area (Å²) in [6.07, 6.45) is 1.26. The fraction of sp³-hybridized carbons (Fsp3) is 0.0909. The zero-order valence-electron chi connectivity index (χ0n) is 8.20. The van der Waals surface area contributed by atoms with E-state index in [4.69, 9.17) is 4.42 Å². The van der Waals surface area contributed by atoms with Gasteiger partial charge in [-0.15, -0.1) is 0 Å². The molecule has 0 aliphatic carbocycles. The molecule has 0 saturated carbocycles. The first-order valence-electron chi connectivity index (χ1n) is 4.58. The van der Waals surface area contributed by atoms with Gasteiger partial charge in [-0.2, -0.15) is 0 Å². The van der Waals surface area contributed by atoms with Crippen molar-refractivity contribution in [3.05, 3.63) is 40.8 Å². The molecule has 1 aromatic carbocycles. The first kappa shape index (κ1) is 10.9. The van der Waals surface area contributed by atoms with E-state index in [9.17, 15) is 9.59 Å². The second-order valence-electron chi connectivity index (χ2n) is 3.16. The minimum atomic E-state index is -0.289. The van der Waals surface area contributed by atoms with Gasteiger partial charge in [0.1, 0.15) is 17.5 Å². The van der Waals surface area contributed by atoms with Gasteiger partial charge in [-0.3, -0.25) is 9.59 Å². The molecular weight excluding hydrogens is 274 g/mol. The lowest BCUT2D eigenvalue weighted by molar-refractivity contribution is -0.113. The van der Waals surface area contributed by atoms with E-state index in [0.717, 1.165) is 0 Å². The summed E-state index contributed by atoms with van der Waals surface area (Å²) in [6, 6.07) is 6.88. The van der Waals surface area contributed by atoms with Crippen LogP contribution in [0.4, 0.5) is 5.69 Å². The van der Waals surface area contributed by atoms with Crippen LogP contribution in [0, 0.1) is 0 Å². The third-order valence-electron chi connectivity index (χ3n) is 2.08. The van der Waals surface area contributed by atoms with E-state index in [-0.39, 0.29) is 22.4 Å². The Kier molecular flexibility index (Phi) is 3.05. The van der Waals surface area contributed by atoms with Gasteiger partial charge in [0.2, 0.25) is 11.3 Å². The molecule has 0 fully saturated rings. The third kappa shape index (κ3) is 1.99. The van der Waals surface area contributed by atoms with Crippen molar-refractivity contribution in [1.29, 1.82) is 0 Å². The molecule has 1 heterocycles. The summed E-state index contributed by atoms with van der Waals surface area (Å²) in [4.78, 5) is 23.0. The molecule has 0 saturated heterocycles. The molecule has 0 aliphatic rings. The number of benzene rings is 1. The average Bonchev–Trinajstić information content (AvgIpc) is 2.33. The van der Waals surface area contributed by atoms with Crippen molar-refractivity contribution in [2.24, 2.45) is 0 Å². The van der Waals surface area contributed by atoms with E-state index >= 15 is 0 Å². The van der Waals surface area contributed by atoms with Crippen LogP contribution < -0.4 is 10.7 Å². The highest BCUT2D eigenvalue weighted by Crippen LogP contribution is 2.12. The monoisotopic (exact) mass is 281 g/mol. The Morgan fingerprint density at radius 1 is 1.38 bits per heavy atom. The second kappa shape index (κ2) is 4.49. The van der Waals surface area contributed by atoms with Crippen LogP contribution >= 0.6 is 15.9 Å². The molecule has 0 spiro atoms. The van der Waals surface area contributed by atoms with E-state index < -0.39 is 0 Å². The van der Waals surface area contributed by atoms with Gasteiger partial charge in [-0.05, 0) is 12.1 Å². The van der Waals surface area contributed by atoms with Gasteiger partial charge in [-0.1, -0.05) is 28.1 Å². The molecule has 4 nitrogen and oxygen atoms in total. The molecule has 0 radical (unpaired) electrons. The summed E-state index contributed by atoms with van der Waals surface area (Å²) in [6.45, 7) is 0. The molecular formula is C11H8BrNO3. The molecule has 82 valence electrons. The summed E-state index contributed by atoms with van der Waals surface area (Å²) in [7, 11) is 0. The summed E-state index contributed by atoms with van der Waals surface area (Å²) in [5.41, 5.74) is 0.420. The highest BCUT2D eigenvalue weighted by atomic mass is 79.9. The van der Waals surface area contributed by atoms with E-state index in [0.29, 0.717) is 11.0 Å². The number of amides is 1. The predicted molar refractivity (Wildman–Crippen MR) is 64.9 cm³/mol. The minimum Gasteiger partial charge on any atom is -0.462 e. The van der Waals surface area contributed by atoms with E-state index in [2.05, 4.69) is 21.2 Å². The zero-order valence-corrected chi connectivity index (χ0v) is 9.78. The number of hydrogen-bond acceptors (Lipinski definition) is 3. The maximum absolute atomic E-state index is 11.9. The van der Waals surface area contributed by atoms with Crippen molar-refractivity contribution in [1.82, 2.24) is 0 Å². The lowest BCUT2D eigenvalue weighted by Crippen LogP contribution is -2.18. The van der Waals surface area contributed by atoms with Gasteiger partial charge >= 0.3 is 0 Å². The average molecular weight is 282 g/mol. The highest BCUT2D eigenvalue weighted by molar-refractivity contribution is 9.09. The van der Waals surface area contributed by atoms with Crippen molar-refractivity contribution >= 4 is 38.5 Å². The van der Waals surface area contributed by atoms with Crippen LogP contribution in [0.1, 0.15) is 0 Å². The normalized spacial score (nSPS) is 10.3. The van der Waals surface area contributed by atoms with Gasteiger partial charge in [0, 0.05) is 0 Å². The number of carbonyl (C=O) groups excluding carboxylic acids is 1. The molecule has 2 rings (SSSR count). The van der Waals surface area contributed by atoms with E-state index in [1.54, 1.807) is 24.3 Å². The molecule has 5 heteroatoms. The number of rotatable bonds is 2. The molecule has 0 aliphatic heterocycles. The predicted octanol–water partition coefficient (Wildman–Crippen LogP) is 2.13. The molecule has 1 aromatic heterocycles. The molecule has 2 aromatic rings. The van der Waals surface area contributed by atoms with Crippen LogP contribution in [-0.4, -0.2) is 11.2 Å². The quantitative estimate of drug-likeness (QED) is 0.858. The Hall–Kier alpha value is -1.62. The maximum Gasteiger partial charge on any atom is 0.235 e. The van der Waals surface area contributed by atoms with Crippen LogP contribution in [0.5, 0.6) is 0 Å². The smallest absolute Gasteiger partial charge is 0.235 e. The number of nitrogens with one attached hydrogen (secondary N) is 1. The lowest BCUT2D eigenvalue weighted by atomic mass is 10.2. The summed E-state index contributed by atoms with van der Waals surface area (Å²) < 4.78 is 5.24. The fourth-order valence-electron chi connectivity index (χ4n) is 1.35. The number of fused-ring (bicyclic) bond motifs is 1. The van der Waals surface area contributed by atoms with Crippen LogP contribution in [0.25, 0.3) is 11.0 Å². The van der Waals surface area contributed by atoms with E-state index in [1.165, 1.54) is 6.26 Å². The maximum atomic E-state index is 11.9. The van der Waals surface area contributed by atoms with Gasteiger partial charge in [0.15, 0.2) is 0 Å². The van der Waals surface area contributed by atoms with Crippen LogP contribution in [0.3, 0.4) is 0 Å². The Morgan fingerprint density at radius 2 is 2.12 bits per heavy atom. The SMILES string of the molecule is O=C(CBr)Nc1coc2ccccc2c1=O. The highest BCUT2D eigenvalue weighted by Gasteiger charge is 2.08. The Bertz CT molecular complexity index is 591. The van der Waals surface area contributed by atoms with Gasteiger partial charge in [-0.25, -0.2) is 0 Å². The number of alkyl halides is 1. The number of para-hydroxylation sites is 1. The lowest BCUT2D eigenvalue weighted by Gasteiger charge is -2.02. The van der Waals surface area contributed by atoms with Gasteiger partial charge < -0.3 is 9.73 Å². The van der Waals surface area contributed by atoms with E-state index in [1.807, 2.05) is 0 Å². The summed E-state index contributed by atoms with van der Waals surface area (Å²) in [5, 5.41) is 3.05. The third-order valence-corrected chi connectivity index (χ3v) is 2.58. The first-order chi connectivity index (χ1) is 7.72. The number of halogens is 1. The number of anilines is 1. The molecule has 0 bridgehead atoms. The summed E-state index contributed by atoms with van der Waals surface area (Å²) >= 11 is 3.00. The van der Waals surface area contributed by atoms with Crippen molar-refractivity contribution in [2.45, 2.75) is 0 Å². The van der Waals surface area contributed by atoms with Crippen molar-refractivity contribution in [3.63, 3.8) is 0 Å². The molecule has 1 amide bonds. The van der Waals surface area contributed by atoms with Gasteiger partial charge in [0.25, 0.3) is 0 Å². The Morgan fingerprint density at radius 3 is 2.88 bits per heavy atom. The van der Waals surface area contributed by atoms with Crippen LogP contribution in [0.2, 0.25) is 0 Å². The Balaban J connectivity index is 2.53. The van der Waals surface area contributed by atoms with Crippen LogP contribution in [0.15, 0.2) is 39.7 Å². The fourth-order valence-corrected chi connectivity index (χ4v) is 1.49.